The first-order valence-electron chi connectivity index (χ1n) is 7.80. The third kappa shape index (κ3) is 6.10. The van der Waals surface area contributed by atoms with Crippen molar-refractivity contribution in [2.24, 2.45) is 4.99 Å². The first-order chi connectivity index (χ1) is 12.1. The molecule has 0 spiro atoms. The third-order valence-corrected chi connectivity index (χ3v) is 3.48. The highest BCUT2D eigenvalue weighted by atomic mass is 16.5. The third-order valence-electron chi connectivity index (χ3n) is 3.48. The summed E-state index contributed by atoms with van der Waals surface area (Å²) in [5, 5.41) is 18.9. The van der Waals surface area contributed by atoms with Crippen molar-refractivity contribution in [1.29, 1.82) is 0 Å². The van der Waals surface area contributed by atoms with E-state index in [4.69, 9.17) is 4.74 Å². The van der Waals surface area contributed by atoms with E-state index >= 15 is 0 Å². The van der Waals surface area contributed by atoms with Crippen molar-refractivity contribution in [2.45, 2.75) is 25.5 Å². The Morgan fingerprint density at radius 1 is 1.08 bits per heavy atom. The number of phenolic OH excluding ortho intramolecular Hbond substituents is 1. The minimum atomic E-state index is -1.14. The van der Waals surface area contributed by atoms with Crippen LogP contribution in [0.1, 0.15) is 24.0 Å². The monoisotopic (exact) mass is 341 g/mol. The van der Waals surface area contributed by atoms with Crippen LogP contribution in [-0.4, -0.2) is 34.4 Å². The number of hydrogen-bond donors (Lipinski definition) is 2. The molecule has 0 amide bonds. The van der Waals surface area contributed by atoms with Gasteiger partial charge in [-0.15, -0.1) is 0 Å². The number of benzene rings is 2. The molecular formula is C19H19NO5. The number of hydrogen-bond acceptors (Lipinski definition) is 5. The van der Waals surface area contributed by atoms with E-state index in [-0.39, 0.29) is 25.2 Å². The molecule has 2 aromatic carbocycles. The number of carboxylic acid groups (broad SMARTS) is 1. The van der Waals surface area contributed by atoms with Crippen LogP contribution < -0.4 is 0 Å². The van der Waals surface area contributed by atoms with Crippen molar-refractivity contribution in [1.82, 2.24) is 0 Å². The molecule has 130 valence electrons. The number of rotatable bonds is 8. The summed E-state index contributed by atoms with van der Waals surface area (Å²) in [7, 11) is 0. The van der Waals surface area contributed by atoms with Gasteiger partial charge in [0.05, 0.1) is 0 Å². The number of nitrogens with zero attached hydrogens (tertiary/aromatic N) is 1. The first kappa shape index (κ1) is 18.2. The molecule has 0 aliphatic carbocycles. The number of carbonyl (C=O) groups is 2. The largest absolute Gasteiger partial charge is 0.507 e. The number of ether oxygens (including phenoxy) is 1. The molecule has 0 aliphatic rings. The molecule has 0 saturated carbocycles. The van der Waals surface area contributed by atoms with Crippen LogP contribution in [0.4, 0.5) is 0 Å². The number of carboxylic acids is 1. The second kappa shape index (κ2) is 9.22. The molecule has 2 rings (SSSR count). The summed E-state index contributed by atoms with van der Waals surface area (Å²) in [6.07, 6.45) is 1.26. The predicted octanol–water partition coefficient (Wildman–Crippen LogP) is 2.79. The maximum atomic E-state index is 11.8. The van der Waals surface area contributed by atoms with Gasteiger partial charge in [0, 0.05) is 18.2 Å². The minimum Gasteiger partial charge on any atom is -0.507 e. The fraction of sp³-hybridized carbons (Fsp3) is 0.211. The van der Waals surface area contributed by atoms with E-state index in [1.807, 2.05) is 30.3 Å². The van der Waals surface area contributed by atoms with Gasteiger partial charge in [-0.25, -0.2) is 4.79 Å². The van der Waals surface area contributed by atoms with Gasteiger partial charge in [-0.05, 0) is 24.1 Å². The second-order valence-electron chi connectivity index (χ2n) is 5.38. The summed E-state index contributed by atoms with van der Waals surface area (Å²) in [6, 6.07) is 14.6. The number of phenols is 1. The molecule has 0 aliphatic heterocycles. The van der Waals surface area contributed by atoms with Crippen molar-refractivity contribution in [3.05, 3.63) is 65.7 Å². The lowest BCUT2D eigenvalue weighted by atomic mass is 10.1. The molecule has 6 nitrogen and oxygen atoms in total. The van der Waals surface area contributed by atoms with E-state index in [0.29, 0.717) is 5.56 Å². The van der Waals surface area contributed by atoms with Gasteiger partial charge in [0.2, 0.25) is 0 Å². The highest BCUT2D eigenvalue weighted by Crippen LogP contribution is 2.14. The van der Waals surface area contributed by atoms with Crippen LogP contribution in [0.15, 0.2) is 59.6 Å². The van der Waals surface area contributed by atoms with Gasteiger partial charge in [0.25, 0.3) is 0 Å². The molecule has 0 bridgehead atoms. The number of aliphatic imine (C=N–C) groups is 1. The van der Waals surface area contributed by atoms with Crippen LogP contribution in [-0.2, 0) is 20.9 Å². The Hall–Kier alpha value is -3.15. The summed E-state index contributed by atoms with van der Waals surface area (Å²) in [4.78, 5) is 27.0. The fourth-order valence-corrected chi connectivity index (χ4v) is 2.09. The number of aliphatic carboxylic acids is 1. The Labute approximate surface area is 145 Å². The van der Waals surface area contributed by atoms with Gasteiger partial charge in [-0.1, -0.05) is 42.5 Å². The van der Waals surface area contributed by atoms with Crippen LogP contribution in [0.5, 0.6) is 5.75 Å². The van der Waals surface area contributed by atoms with Gasteiger partial charge < -0.3 is 14.9 Å². The zero-order chi connectivity index (χ0) is 18.1. The Morgan fingerprint density at radius 2 is 1.76 bits per heavy atom. The highest BCUT2D eigenvalue weighted by molar-refractivity contribution is 5.86. The van der Waals surface area contributed by atoms with Gasteiger partial charge >= 0.3 is 11.9 Å². The lowest BCUT2D eigenvalue weighted by Crippen LogP contribution is -2.20. The summed E-state index contributed by atoms with van der Waals surface area (Å²) in [6.45, 7) is 0.151. The number of esters is 1. The molecule has 0 radical (unpaired) electrons. The Bertz CT molecular complexity index is 742. The molecule has 2 aromatic rings. The van der Waals surface area contributed by atoms with Crippen molar-refractivity contribution >= 4 is 18.2 Å². The molecule has 0 unspecified atom stereocenters. The van der Waals surface area contributed by atoms with Crippen molar-refractivity contribution in [3.8, 4) is 5.75 Å². The van der Waals surface area contributed by atoms with E-state index in [0.717, 1.165) is 5.56 Å². The Balaban J connectivity index is 1.86. The average molecular weight is 341 g/mol. The van der Waals surface area contributed by atoms with E-state index in [1.165, 1.54) is 12.3 Å². The molecular weight excluding hydrogens is 322 g/mol. The number of carbonyl (C=O) groups excluding carboxylic acids is 1. The summed E-state index contributed by atoms with van der Waals surface area (Å²) in [5.41, 5.74) is 1.28. The number of aromatic hydroxyl groups is 1. The quantitative estimate of drug-likeness (QED) is 0.568. The summed E-state index contributed by atoms with van der Waals surface area (Å²) >= 11 is 0. The minimum absolute atomic E-state index is 0.0117. The van der Waals surface area contributed by atoms with Gasteiger partial charge in [-0.3, -0.25) is 9.79 Å². The van der Waals surface area contributed by atoms with Crippen molar-refractivity contribution in [2.75, 3.05) is 0 Å². The van der Waals surface area contributed by atoms with Gasteiger partial charge in [-0.2, -0.15) is 0 Å². The fourth-order valence-electron chi connectivity index (χ4n) is 2.09. The molecule has 0 saturated heterocycles. The molecule has 6 heteroatoms. The van der Waals surface area contributed by atoms with Crippen LogP contribution in [0.25, 0.3) is 0 Å². The summed E-state index contributed by atoms with van der Waals surface area (Å²) in [5.74, 6) is -1.60. The van der Waals surface area contributed by atoms with Crippen LogP contribution in [0.2, 0.25) is 0 Å². The lowest BCUT2D eigenvalue weighted by Gasteiger charge is -2.08. The lowest BCUT2D eigenvalue weighted by molar-refractivity contribution is -0.145. The Morgan fingerprint density at radius 3 is 2.44 bits per heavy atom. The molecule has 0 fully saturated rings. The average Bonchev–Trinajstić information content (AvgIpc) is 2.62. The molecule has 25 heavy (non-hydrogen) atoms. The van der Waals surface area contributed by atoms with E-state index < -0.39 is 18.0 Å². The van der Waals surface area contributed by atoms with Crippen molar-refractivity contribution in [3.63, 3.8) is 0 Å². The smallest absolute Gasteiger partial charge is 0.328 e. The van der Waals surface area contributed by atoms with Crippen molar-refractivity contribution < 1.29 is 24.5 Å². The zero-order valence-electron chi connectivity index (χ0n) is 13.5. The molecule has 2 N–H and O–H groups in total. The van der Waals surface area contributed by atoms with E-state index in [2.05, 4.69) is 4.99 Å². The van der Waals surface area contributed by atoms with Crippen LogP contribution in [0, 0.1) is 0 Å². The van der Waals surface area contributed by atoms with Crippen LogP contribution >= 0.6 is 0 Å². The normalized spacial score (nSPS) is 12.0. The van der Waals surface area contributed by atoms with Gasteiger partial charge in [0.1, 0.15) is 18.4 Å². The highest BCUT2D eigenvalue weighted by Gasteiger charge is 2.18. The molecule has 1 atom stereocenters. The number of para-hydroxylation sites is 1. The predicted molar refractivity (Wildman–Crippen MR) is 92.6 cm³/mol. The molecule has 0 aromatic heterocycles. The summed E-state index contributed by atoms with van der Waals surface area (Å²) < 4.78 is 5.12. The Kier molecular flexibility index (Phi) is 6.71. The van der Waals surface area contributed by atoms with Crippen LogP contribution in [0.3, 0.4) is 0 Å². The van der Waals surface area contributed by atoms with Gasteiger partial charge in [0.15, 0.2) is 0 Å². The topological polar surface area (TPSA) is 96.2 Å². The maximum Gasteiger partial charge on any atom is 0.328 e. The standard InChI is InChI=1S/C19H19NO5/c21-17-9-5-4-8-15(17)12-20-16(19(23)24)10-11-18(22)25-13-14-6-2-1-3-7-14/h1-9,12,16,21H,10-11,13H2,(H,23,24)/t16-/m0/s1. The van der Waals surface area contributed by atoms with E-state index in [9.17, 15) is 19.8 Å². The second-order valence-corrected chi connectivity index (χ2v) is 5.38. The maximum absolute atomic E-state index is 11.8. The van der Waals surface area contributed by atoms with E-state index in [1.54, 1.807) is 18.2 Å². The molecule has 0 heterocycles. The zero-order valence-corrected chi connectivity index (χ0v) is 13.5. The SMILES string of the molecule is O=C(CC[C@H](N=Cc1ccccc1O)C(=O)O)OCc1ccccc1. The first-order valence-corrected chi connectivity index (χ1v) is 7.80.